The maximum absolute atomic E-state index is 13.8. The van der Waals surface area contributed by atoms with Gasteiger partial charge in [-0.2, -0.15) is 0 Å². The largest absolute Gasteiger partial charge is 0.370 e. The third kappa shape index (κ3) is 7.10. The van der Waals surface area contributed by atoms with Crippen LogP contribution in [0.5, 0.6) is 0 Å². The number of hydrogen-bond donors (Lipinski definition) is 0. The predicted octanol–water partition coefficient (Wildman–Crippen LogP) is 5.08. The minimum absolute atomic E-state index is 0.159. The van der Waals surface area contributed by atoms with Gasteiger partial charge < -0.3 is 9.80 Å². The van der Waals surface area contributed by atoms with E-state index < -0.39 is 0 Å². The first-order valence-electron chi connectivity index (χ1n) is 13.9. The Morgan fingerprint density at radius 1 is 0.737 bits per heavy atom. The quantitative estimate of drug-likeness (QED) is 0.378. The number of hydrogen-bond acceptors (Lipinski definition) is 5. The average molecular weight is 513 g/mol. The maximum atomic E-state index is 13.8. The van der Waals surface area contributed by atoms with E-state index in [1.165, 1.54) is 16.7 Å². The van der Waals surface area contributed by atoms with Gasteiger partial charge in [0.15, 0.2) is 0 Å². The minimum atomic E-state index is 0.159. The Morgan fingerprint density at radius 3 is 1.84 bits per heavy atom. The monoisotopic (exact) mass is 512 g/mol. The van der Waals surface area contributed by atoms with Gasteiger partial charge in [-0.05, 0) is 42.8 Å². The molecule has 1 aliphatic rings. The van der Waals surface area contributed by atoms with Gasteiger partial charge in [0.2, 0.25) is 5.43 Å². The van der Waals surface area contributed by atoms with E-state index in [1.807, 2.05) is 7.05 Å². The lowest BCUT2D eigenvalue weighted by Crippen LogP contribution is -2.47. The van der Waals surface area contributed by atoms with Crippen molar-refractivity contribution in [2.75, 3.05) is 65.3 Å². The van der Waals surface area contributed by atoms with Gasteiger partial charge in [0, 0.05) is 58.4 Å². The van der Waals surface area contributed by atoms with Gasteiger partial charge in [-0.15, -0.1) is 0 Å². The Labute approximate surface area is 229 Å². The van der Waals surface area contributed by atoms with Crippen molar-refractivity contribution in [1.29, 1.82) is 0 Å². The standard InChI is InChI=1S/C33H44N4O/c1-26(2)29-16-17-30(33(38)31(24-29)35(5)19-18-34(3)4)25-36-20-22-37(23-21-36)32(27-12-8-6-9-13-27)28-14-10-7-11-15-28/h6-17,24,26,32H,18-23,25H2,1-5H3. The molecule has 38 heavy (non-hydrogen) atoms. The van der Waals surface area contributed by atoms with E-state index in [-0.39, 0.29) is 11.5 Å². The van der Waals surface area contributed by atoms with Crippen LogP contribution < -0.4 is 10.3 Å². The molecular formula is C33H44N4O. The number of likely N-dealkylation sites (N-methyl/N-ethyl adjacent to an activating group) is 2. The van der Waals surface area contributed by atoms with Crippen LogP contribution >= 0.6 is 0 Å². The van der Waals surface area contributed by atoms with Crippen LogP contribution in [0.4, 0.5) is 5.69 Å². The Bertz CT molecular complexity index is 1170. The number of anilines is 1. The van der Waals surface area contributed by atoms with Crippen molar-refractivity contribution in [3.05, 3.63) is 111 Å². The van der Waals surface area contributed by atoms with E-state index >= 15 is 0 Å². The number of benzene rings is 2. The summed E-state index contributed by atoms with van der Waals surface area (Å²) in [7, 11) is 6.18. The van der Waals surface area contributed by atoms with E-state index in [4.69, 9.17) is 0 Å². The molecule has 5 nitrogen and oxygen atoms in total. The van der Waals surface area contributed by atoms with Crippen molar-refractivity contribution < 1.29 is 0 Å². The molecule has 0 aromatic heterocycles. The summed E-state index contributed by atoms with van der Waals surface area (Å²) in [6, 6.07) is 28.2. The Hall–Kier alpha value is -2.99. The first-order valence-corrected chi connectivity index (χ1v) is 13.9. The molecule has 0 spiro atoms. The molecule has 0 saturated carbocycles. The van der Waals surface area contributed by atoms with Crippen molar-refractivity contribution in [2.24, 2.45) is 0 Å². The summed E-state index contributed by atoms with van der Waals surface area (Å²) in [6.45, 7) is 10.6. The lowest BCUT2D eigenvalue weighted by Gasteiger charge is -2.39. The third-order valence-electron chi connectivity index (χ3n) is 7.66. The molecule has 3 aromatic rings. The number of nitrogens with zero attached hydrogens (tertiary/aromatic N) is 4. The zero-order chi connectivity index (χ0) is 27.1. The third-order valence-corrected chi connectivity index (χ3v) is 7.66. The van der Waals surface area contributed by atoms with Gasteiger partial charge in [0.05, 0.1) is 11.7 Å². The highest BCUT2D eigenvalue weighted by molar-refractivity contribution is 5.50. The van der Waals surface area contributed by atoms with Crippen LogP contribution in [0, 0.1) is 0 Å². The highest BCUT2D eigenvalue weighted by atomic mass is 16.1. The fourth-order valence-electron chi connectivity index (χ4n) is 5.25. The molecule has 5 heteroatoms. The second kappa shape index (κ2) is 13.2. The molecule has 4 rings (SSSR count). The fourth-order valence-corrected chi connectivity index (χ4v) is 5.25. The zero-order valence-corrected chi connectivity index (χ0v) is 23.8. The number of rotatable bonds is 10. The van der Waals surface area contributed by atoms with E-state index in [1.54, 1.807) is 0 Å². The second-order valence-electron chi connectivity index (χ2n) is 11.1. The molecule has 0 unspecified atom stereocenters. The summed E-state index contributed by atoms with van der Waals surface area (Å²) < 4.78 is 0. The van der Waals surface area contributed by atoms with Crippen molar-refractivity contribution in [1.82, 2.24) is 14.7 Å². The van der Waals surface area contributed by atoms with Crippen molar-refractivity contribution in [2.45, 2.75) is 32.4 Å². The molecule has 0 aliphatic carbocycles. The molecule has 1 saturated heterocycles. The first-order chi connectivity index (χ1) is 18.3. The van der Waals surface area contributed by atoms with Gasteiger partial charge in [-0.25, -0.2) is 0 Å². The van der Waals surface area contributed by atoms with Crippen LogP contribution in [0.3, 0.4) is 0 Å². The second-order valence-corrected chi connectivity index (χ2v) is 11.1. The first kappa shape index (κ1) is 28.0. The van der Waals surface area contributed by atoms with E-state index in [0.29, 0.717) is 12.5 Å². The highest BCUT2D eigenvalue weighted by Crippen LogP contribution is 2.29. The molecule has 0 bridgehead atoms. The van der Waals surface area contributed by atoms with Gasteiger partial charge in [0.1, 0.15) is 0 Å². The molecule has 3 aromatic carbocycles. The molecular weight excluding hydrogens is 468 g/mol. The Morgan fingerprint density at radius 2 is 1.32 bits per heavy atom. The summed E-state index contributed by atoms with van der Waals surface area (Å²) in [4.78, 5) is 23.1. The molecule has 1 aliphatic heterocycles. The fraction of sp³-hybridized carbons (Fsp3) is 0.424. The summed E-state index contributed by atoms with van der Waals surface area (Å²) in [5.41, 5.74) is 5.72. The van der Waals surface area contributed by atoms with Crippen molar-refractivity contribution in [3.63, 3.8) is 0 Å². The molecule has 1 heterocycles. The molecule has 0 radical (unpaired) electrons. The topological polar surface area (TPSA) is 30.0 Å². The SMILES string of the molecule is CC(C)c1ccc(CN2CCN(C(c3ccccc3)c3ccccc3)CC2)c(=O)c(N(C)CCN(C)C)c1. The average Bonchev–Trinajstić information content (AvgIpc) is 3.09. The Balaban J connectivity index is 1.52. The van der Waals surface area contributed by atoms with Crippen LogP contribution in [0.1, 0.15) is 48.1 Å². The maximum Gasteiger partial charge on any atom is 0.206 e. The van der Waals surface area contributed by atoms with Crippen LogP contribution in [0.2, 0.25) is 0 Å². The van der Waals surface area contributed by atoms with Gasteiger partial charge in [-0.1, -0.05) is 86.6 Å². The minimum Gasteiger partial charge on any atom is -0.370 e. The van der Waals surface area contributed by atoms with Crippen molar-refractivity contribution in [3.8, 4) is 0 Å². The molecule has 0 N–H and O–H groups in total. The van der Waals surface area contributed by atoms with Gasteiger partial charge >= 0.3 is 0 Å². The van der Waals surface area contributed by atoms with E-state index in [9.17, 15) is 4.79 Å². The predicted molar refractivity (Wildman–Crippen MR) is 160 cm³/mol. The highest BCUT2D eigenvalue weighted by Gasteiger charge is 2.26. The van der Waals surface area contributed by atoms with Crippen LogP contribution in [0.25, 0.3) is 0 Å². The lowest BCUT2D eigenvalue weighted by atomic mass is 9.96. The van der Waals surface area contributed by atoms with E-state index in [0.717, 1.165) is 50.5 Å². The normalized spacial score (nSPS) is 14.9. The molecule has 0 amide bonds. The van der Waals surface area contributed by atoms with Crippen LogP contribution in [0.15, 0.2) is 83.7 Å². The summed E-state index contributed by atoms with van der Waals surface area (Å²) in [6.07, 6.45) is 0. The molecule has 0 atom stereocenters. The summed E-state index contributed by atoms with van der Waals surface area (Å²) >= 11 is 0. The number of piperazine rings is 1. The smallest absolute Gasteiger partial charge is 0.206 e. The van der Waals surface area contributed by atoms with Gasteiger partial charge in [-0.3, -0.25) is 14.6 Å². The van der Waals surface area contributed by atoms with E-state index in [2.05, 4.69) is 126 Å². The summed E-state index contributed by atoms with van der Waals surface area (Å²) in [5, 5.41) is 0. The van der Waals surface area contributed by atoms with Crippen molar-refractivity contribution >= 4 is 5.69 Å². The van der Waals surface area contributed by atoms with Crippen LogP contribution in [-0.2, 0) is 6.54 Å². The zero-order valence-electron chi connectivity index (χ0n) is 23.8. The molecule has 202 valence electrons. The van der Waals surface area contributed by atoms with Gasteiger partial charge in [0.25, 0.3) is 0 Å². The lowest BCUT2D eigenvalue weighted by molar-refractivity contribution is 0.104. The van der Waals surface area contributed by atoms with Crippen LogP contribution in [-0.4, -0.2) is 75.1 Å². The summed E-state index contributed by atoms with van der Waals surface area (Å²) in [5.74, 6) is 0.368. The molecule has 1 fully saturated rings. The Kier molecular flexibility index (Phi) is 9.73.